The van der Waals surface area contributed by atoms with Crippen LogP contribution < -0.4 is 4.74 Å². The lowest BCUT2D eigenvalue weighted by molar-refractivity contribution is 0.0626. The Bertz CT molecular complexity index is 1230. The molecule has 0 aliphatic rings. The maximum atomic E-state index is 12.8. The number of hydrogen-bond donors (Lipinski definition) is 0. The summed E-state index contributed by atoms with van der Waals surface area (Å²) in [5.41, 5.74) is 5.30. The van der Waals surface area contributed by atoms with Gasteiger partial charge in [-0.05, 0) is 72.7 Å². The van der Waals surface area contributed by atoms with Gasteiger partial charge in [0.25, 0.3) is 0 Å². The average Bonchev–Trinajstić information content (AvgIpc) is 3.13. The van der Waals surface area contributed by atoms with Gasteiger partial charge in [0.05, 0.1) is 11.7 Å². The fraction of sp³-hybridized carbons (Fsp3) is 0.587. The minimum Gasteiger partial charge on any atom is -0.423 e. The molecule has 3 heteroatoms. The molecule has 3 rings (SSSR count). The second kappa shape index (κ2) is 26.0. The van der Waals surface area contributed by atoms with Gasteiger partial charge in [0, 0.05) is 6.61 Å². The first-order valence-electron chi connectivity index (χ1n) is 20.2. The zero-order chi connectivity index (χ0) is 34.8. The third-order valence-electron chi connectivity index (χ3n) is 9.90. The Labute approximate surface area is 300 Å². The molecule has 3 aromatic rings. The molecule has 0 aromatic heterocycles. The van der Waals surface area contributed by atoms with E-state index in [-0.39, 0.29) is 12.1 Å². The van der Waals surface area contributed by atoms with E-state index in [1.54, 1.807) is 0 Å². The number of aryl methyl sites for hydroxylation is 1. The third kappa shape index (κ3) is 17.5. The Balaban J connectivity index is 1.20. The van der Waals surface area contributed by atoms with E-state index in [4.69, 9.17) is 9.47 Å². The van der Waals surface area contributed by atoms with E-state index >= 15 is 0 Å². The fourth-order valence-corrected chi connectivity index (χ4v) is 6.57. The van der Waals surface area contributed by atoms with E-state index in [2.05, 4.69) is 45.0 Å². The summed E-state index contributed by atoms with van der Waals surface area (Å²) in [5, 5.41) is 0. The standard InChI is InChI=1S/C46H68O3/c1-4-6-8-9-10-11-12-13-14-15-16-17-18-19-20-21-22-24-38-48-39(3)41-30-32-44(33-31-41)46(47)49-45-36-34-43(35-37-45)42-28-26-40(27-29-42)25-23-7-5-2/h26-37,39H,4-25,38H2,1-3H3. The van der Waals surface area contributed by atoms with Crippen LogP contribution in [0.1, 0.15) is 183 Å². The van der Waals surface area contributed by atoms with Crippen molar-refractivity contribution >= 4 is 5.97 Å². The largest absolute Gasteiger partial charge is 0.423 e. The SMILES string of the molecule is CCCCCCCCCCCCCCCCCCCCOC(C)c1ccc(C(=O)Oc2ccc(-c3ccc(CCCCC)cc3)cc2)cc1. The molecule has 3 nitrogen and oxygen atoms in total. The molecule has 0 fully saturated rings. The van der Waals surface area contributed by atoms with E-state index in [9.17, 15) is 4.79 Å². The van der Waals surface area contributed by atoms with Gasteiger partial charge in [0.15, 0.2) is 0 Å². The van der Waals surface area contributed by atoms with Crippen LogP contribution in [0.5, 0.6) is 5.75 Å². The van der Waals surface area contributed by atoms with Crippen molar-refractivity contribution in [3.05, 3.63) is 89.5 Å². The smallest absolute Gasteiger partial charge is 0.343 e. The number of benzene rings is 3. The minimum absolute atomic E-state index is 0.00816. The van der Waals surface area contributed by atoms with Gasteiger partial charge < -0.3 is 9.47 Å². The summed E-state index contributed by atoms with van der Waals surface area (Å²) >= 11 is 0. The number of carbonyl (C=O) groups excluding carboxylic acids is 1. The predicted octanol–water partition coefficient (Wildman–Crippen LogP) is 14.4. The summed E-state index contributed by atoms with van der Waals surface area (Å²) in [4.78, 5) is 12.8. The lowest BCUT2D eigenvalue weighted by Gasteiger charge is -2.14. The highest BCUT2D eigenvalue weighted by atomic mass is 16.5. The fourth-order valence-electron chi connectivity index (χ4n) is 6.57. The zero-order valence-corrected chi connectivity index (χ0v) is 31.5. The summed E-state index contributed by atoms with van der Waals surface area (Å²) in [6, 6.07) is 24.2. The second-order valence-corrected chi connectivity index (χ2v) is 14.2. The van der Waals surface area contributed by atoms with Crippen LogP contribution in [0.3, 0.4) is 0 Å². The van der Waals surface area contributed by atoms with Crippen LogP contribution in [-0.2, 0) is 11.2 Å². The summed E-state index contributed by atoms with van der Waals surface area (Å²) in [6.07, 6.45) is 29.8. The van der Waals surface area contributed by atoms with Crippen molar-refractivity contribution in [2.75, 3.05) is 6.61 Å². The van der Waals surface area contributed by atoms with E-state index in [0.717, 1.165) is 30.6 Å². The van der Waals surface area contributed by atoms with Crippen LogP contribution in [0.15, 0.2) is 72.8 Å². The van der Waals surface area contributed by atoms with Crippen LogP contribution >= 0.6 is 0 Å². The highest BCUT2D eigenvalue weighted by molar-refractivity contribution is 5.91. The van der Waals surface area contributed by atoms with Crippen LogP contribution in [0.4, 0.5) is 0 Å². The van der Waals surface area contributed by atoms with Gasteiger partial charge in [0.1, 0.15) is 5.75 Å². The van der Waals surface area contributed by atoms with E-state index < -0.39 is 0 Å². The monoisotopic (exact) mass is 669 g/mol. The van der Waals surface area contributed by atoms with Crippen molar-refractivity contribution in [2.24, 2.45) is 0 Å². The van der Waals surface area contributed by atoms with Crippen molar-refractivity contribution in [1.29, 1.82) is 0 Å². The molecule has 0 aliphatic carbocycles. The predicted molar refractivity (Wildman–Crippen MR) is 210 cm³/mol. The van der Waals surface area contributed by atoms with Gasteiger partial charge in [-0.2, -0.15) is 0 Å². The van der Waals surface area contributed by atoms with Gasteiger partial charge in [-0.1, -0.05) is 184 Å². The first-order valence-corrected chi connectivity index (χ1v) is 20.2. The lowest BCUT2D eigenvalue weighted by atomic mass is 10.0. The number of ether oxygens (including phenoxy) is 2. The Hall–Kier alpha value is -2.91. The van der Waals surface area contributed by atoms with Crippen molar-refractivity contribution in [2.45, 2.75) is 168 Å². The third-order valence-corrected chi connectivity index (χ3v) is 9.90. The number of esters is 1. The van der Waals surface area contributed by atoms with Crippen LogP contribution in [-0.4, -0.2) is 12.6 Å². The Morgan fingerprint density at radius 1 is 0.510 bits per heavy atom. The van der Waals surface area contributed by atoms with Crippen LogP contribution in [0.2, 0.25) is 0 Å². The van der Waals surface area contributed by atoms with Crippen molar-refractivity contribution < 1.29 is 14.3 Å². The van der Waals surface area contributed by atoms with Crippen molar-refractivity contribution in [3.8, 4) is 16.9 Å². The van der Waals surface area contributed by atoms with Crippen LogP contribution in [0.25, 0.3) is 11.1 Å². The maximum Gasteiger partial charge on any atom is 0.343 e. The Morgan fingerprint density at radius 2 is 0.939 bits per heavy atom. The van der Waals surface area contributed by atoms with Crippen molar-refractivity contribution in [1.82, 2.24) is 0 Å². The summed E-state index contributed by atoms with van der Waals surface area (Å²) < 4.78 is 11.8. The zero-order valence-electron chi connectivity index (χ0n) is 31.5. The van der Waals surface area contributed by atoms with Crippen molar-refractivity contribution in [3.63, 3.8) is 0 Å². The average molecular weight is 669 g/mol. The van der Waals surface area contributed by atoms with Gasteiger partial charge >= 0.3 is 5.97 Å². The number of carbonyl (C=O) groups is 1. The number of rotatable bonds is 28. The van der Waals surface area contributed by atoms with E-state index in [1.165, 1.54) is 140 Å². The highest BCUT2D eigenvalue weighted by Gasteiger charge is 2.12. The quantitative estimate of drug-likeness (QED) is 0.0439. The molecule has 270 valence electrons. The molecule has 0 bridgehead atoms. The molecule has 0 spiro atoms. The molecule has 0 heterocycles. The number of unbranched alkanes of at least 4 members (excludes halogenated alkanes) is 19. The highest BCUT2D eigenvalue weighted by Crippen LogP contribution is 2.25. The Kier molecular flexibility index (Phi) is 21.5. The summed E-state index contributed by atoms with van der Waals surface area (Å²) in [7, 11) is 0. The van der Waals surface area contributed by atoms with Gasteiger partial charge in [0.2, 0.25) is 0 Å². The number of hydrogen-bond acceptors (Lipinski definition) is 3. The molecule has 0 saturated heterocycles. The Morgan fingerprint density at radius 3 is 1.43 bits per heavy atom. The molecular weight excluding hydrogens is 601 g/mol. The molecule has 0 N–H and O–H groups in total. The summed E-state index contributed by atoms with van der Waals surface area (Å²) in [5.74, 6) is 0.207. The molecule has 1 unspecified atom stereocenters. The van der Waals surface area contributed by atoms with Gasteiger partial charge in [-0.15, -0.1) is 0 Å². The molecule has 49 heavy (non-hydrogen) atoms. The molecule has 3 aromatic carbocycles. The first kappa shape index (κ1) is 40.5. The molecule has 1 atom stereocenters. The topological polar surface area (TPSA) is 35.5 Å². The van der Waals surface area contributed by atoms with Gasteiger partial charge in [-0.25, -0.2) is 4.79 Å². The second-order valence-electron chi connectivity index (χ2n) is 14.2. The summed E-state index contributed by atoms with van der Waals surface area (Å²) in [6.45, 7) is 7.40. The molecule has 0 amide bonds. The molecule has 0 radical (unpaired) electrons. The van der Waals surface area contributed by atoms with E-state index in [1.807, 2.05) is 48.5 Å². The van der Waals surface area contributed by atoms with Crippen LogP contribution in [0, 0.1) is 0 Å². The molecule has 0 saturated carbocycles. The maximum absolute atomic E-state index is 12.8. The molecule has 0 aliphatic heterocycles. The minimum atomic E-state index is -0.344. The first-order chi connectivity index (χ1) is 24.1. The normalized spacial score (nSPS) is 11.9. The lowest BCUT2D eigenvalue weighted by Crippen LogP contribution is -2.09. The van der Waals surface area contributed by atoms with Gasteiger partial charge in [-0.3, -0.25) is 0 Å². The molecular formula is C46H68O3. The van der Waals surface area contributed by atoms with E-state index in [0.29, 0.717) is 11.3 Å².